The Bertz CT molecular complexity index is 630. The fraction of sp³-hybridized carbons (Fsp3) is 0.611. The van der Waals surface area contributed by atoms with Gasteiger partial charge in [-0.2, -0.15) is 0 Å². The van der Waals surface area contributed by atoms with Crippen LogP contribution in [-0.2, 0) is 10.2 Å². The average Bonchev–Trinajstić information content (AvgIpc) is 3.22. The molecular formula is C18H23FN2O. The number of nitrogens with zero attached hydrogens (tertiary/aromatic N) is 1. The molecule has 2 heterocycles. The number of benzene rings is 1. The minimum atomic E-state index is -1.30. The van der Waals surface area contributed by atoms with Crippen LogP contribution in [0.4, 0.5) is 10.1 Å². The van der Waals surface area contributed by atoms with E-state index in [1.165, 1.54) is 18.4 Å². The summed E-state index contributed by atoms with van der Waals surface area (Å²) >= 11 is 0. The van der Waals surface area contributed by atoms with Crippen LogP contribution in [0.5, 0.6) is 0 Å². The van der Waals surface area contributed by atoms with Crippen molar-refractivity contribution in [3.05, 3.63) is 29.3 Å². The second-order valence-corrected chi connectivity index (χ2v) is 7.64. The third-order valence-corrected chi connectivity index (χ3v) is 5.45. The molecule has 1 N–H and O–H groups in total. The maximum atomic E-state index is 14.9. The van der Waals surface area contributed by atoms with E-state index < -0.39 is 11.1 Å². The van der Waals surface area contributed by atoms with Crippen molar-refractivity contribution in [1.82, 2.24) is 5.32 Å². The van der Waals surface area contributed by atoms with Crippen molar-refractivity contribution in [2.75, 3.05) is 24.5 Å². The highest BCUT2D eigenvalue weighted by atomic mass is 19.1. The molecule has 22 heavy (non-hydrogen) atoms. The highest BCUT2D eigenvalue weighted by Crippen LogP contribution is 2.47. The first-order valence-electron chi connectivity index (χ1n) is 8.27. The molecule has 0 aromatic heterocycles. The van der Waals surface area contributed by atoms with Crippen molar-refractivity contribution in [2.45, 2.75) is 50.1 Å². The van der Waals surface area contributed by atoms with Crippen LogP contribution in [0.15, 0.2) is 18.2 Å². The molecule has 1 unspecified atom stereocenters. The number of halogens is 1. The lowest BCUT2D eigenvalue weighted by molar-refractivity contribution is -0.122. The maximum Gasteiger partial charge on any atom is 0.237 e. The van der Waals surface area contributed by atoms with Crippen molar-refractivity contribution >= 4 is 11.6 Å². The number of hydrogen-bond donors (Lipinski definition) is 1. The summed E-state index contributed by atoms with van der Waals surface area (Å²) in [5, 5.41) is 3.07. The zero-order valence-corrected chi connectivity index (χ0v) is 13.3. The first kappa shape index (κ1) is 14.2. The van der Waals surface area contributed by atoms with Crippen LogP contribution in [0, 0.1) is 0 Å². The third kappa shape index (κ3) is 2.08. The van der Waals surface area contributed by atoms with Crippen LogP contribution in [-0.4, -0.2) is 31.2 Å². The van der Waals surface area contributed by atoms with E-state index in [0.717, 1.165) is 11.3 Å². The van der Waals surface area contributed by atoms with Crippen molar-refractivity contribution in [3.63, 3.8) is 0 Å². The lowest BCUT2D eigenvalue weighted by Crippen LogP contribution is -2.45. The highest BCUT2D eigenvalue weighted by molar-refractivity contribution is 6.07. The molecule has 1 saturated carbocycles. The zero-order chi connectivity index (χ0) is 15.5. The van der Waals surface area contributed by atoms with E-state index in [2.05, 4.69) is 23.5 Å². The molecule has 4 heteroatoms. The number of rotatable bonds is 3. The summed E-state index contributed by atoms with van der Waals surface area (Å²) in [4.78, 5) is 14.6. The molecule has 1 atom stereocenters. The van der Waals surface area contributed by atoms with E-state index in [1.807, 2.05) is 13.8 Å². The van der Waals surface area contributed by atoms with Gasteiger partial charge in [0.2, 0.25) is 5.91 Å². The summed E-state index contributed by atoms with van der Waals surface area (Å²) in [6.07, 6.45) is 2.94. The number of fused-ring (bicyclic) bond motifs is 1. The van der Waals surface area contributed by atoms with Gasteiger partial charge >= 0.3 is 0 Å². The van der Waals surface area contributed by atoms with Crippen LogP contribution in [0.3, 0.4) is 0 Å². The van der Waals surface area contributed by atoms with Gasteiger partial charge in [-0.15, -0.1) is 0 Å². The largest absolute Gasteiger partial charge is 0.313 e. The fourth-order valence-electron chi connectivity index (χ4n) is 3.82. The second kappa shape index (κ2) is 4.54. The second-order valence-electron chi connectivity index (χ2n) is 7.64. The standard InChI is InChI=1S/C18H23FN2O/c1-17(2)14-6-5-13(12-3-4-12)9-15(14)21(16(17)22)11-18(19)7-8-20-10-18/h5-6,9,12,20H,3-4,7-8,10-11H2,1-2H3. The molecule has 3 aliphatic rings. The molecule has 0 bridgehead atoms. The SMILES string of the molecule is CC1(C)C(=O)N(CC2(F)CCNC2)c2cc(C3CC3)ccc21. The van der Waals surface area contributed by atoms with E-state index in [-0.39, 0.29) is 12.5 Å². The Kier molecular flexibility index (Phi) is 2.93. The molecule has 2 aliphatic heterocycles. The molecular weight excluding hydrogens is 279 g/mol. The molecule has 2 fully saturated rings. The molecule has 3 nitrogen and oxygen atoms in total. The van der Waals surface area contributed by atoms with Gasteiger partial charge < -0.3 is 10.2 Å². The number of carbonyl (C=O) groups excluding carboxylic acids is 1. The van der Waals surface area contributed by atoms with E-state index in [0.29, 0.717) is 25.4 Å². The molecule has 1 aromatic rings. The first-order valence-corrected chi connectivity index (χ1v) is 8.27. The molecule has 0 radical (unpaired) electrons. The molecule has 1 amide bonds. The first-order chi connectivity index (χ1) is 10.4. The zero-order valence-electron chi connectivity index (χ0n) is 13.3. The van der Waals surface area contributed by atoms with Gasteiger partial charge in [0.25, 0.3) is 0 Å². The molecule has 4 rings (SSSR count). The summed E-state index contributed by atoms with van der Waals surface area (Å²) in [6.45, 7) is 5.10. The van der Waals surface area contributed by atoms with E-state index in [4.69, 9.17) is 0 Å². The number of hydrogen-bond acceptors (Lipinski definition) is 2. The van der Waals surface area contributed by atoms with Gasteiger partial charge in [0.1, 0.15) is 5.67 Å². The Morgan fingerprint density at radius 1 is 1.36 bits per heavy atom. The average molecular weight is 302 g/mol. The van der Waals surface area contributed by atoms with Gasteiger partial charge in [0, 0.05) is 12.2 Å². The van der Waals surface area contributed by atoms with Crippen LogP contribution in [0.25, 0.3) is 0 Å². The van der Waals surface area contributed by atoms with E-state index >= 15 is 0 Å². The number of carbonyl (C=O) groups is 1. The van der Waals surface area contributed by atoms with Gasteiger partial charge in [-0.3, -0.25) is 4.79 Å². The summed E-state index contributed by atoms with van der Waals surface area (Å²) in [6, 6.07) is 6.36. The van der Waals surface area contributed by atoms with Crippen molar-refractivity contribution in [2.24, 2.45) is 0 Å². The summed E-state index contributed by atoms with van der Waals surface area (Å²) < 4.78 is 14.9. The summed E-state index contributed by atoms with van der Waals surface area (Å²) in [5.74, 6) is 0.665. The lowest BCUT2D eigenvalue weighted by atomic mass is 9.85. The van der Waals surface area contributed by atoms with E-state index in [9.17, 15) is 9.18 Å². The minimum Gasteiger partial charge on any atom is -0.313 e. The summed E-state index contributed by atoms with van der Waals surface area (Å²) in [7, 11) is 0. The van der Waals surface area contributed by atoms with E-state index in [1.54, 1.807) is 4.90 Å². The Morgan fingerprint density at radius 3 is 2.77 bits per heavy atom. The summed E-state index contributed by atoms with van der Waals surface area (Å²) in [5.41, 5.74) is 1.41. The van der Waals surface area contributed by atoms with Crippen molar-refractivity contribution in [3.8, 4) is 0 Å². The molecule has 118 valence electrons. The van der Waals surface area contributed by atoms with Crippen molar-refractivity contribution in [1.29, 1.82) is 0 Å². The van der Waals surface area contributed by atoms with Crippen LogP contribution in [0.1, 0.15) is 50.2 Å². The Hall–Kier alpha value is -1.42. The number of anilines is 1. The number of nitrogens with one attached hydrogen (secondary N) is 1. The molecule has 1 saturated heterocycles. The predicted octanol–water partition coefficient (Wildman–Crippen LogP) is 2.89. The van der Waals surface area contributed by atoms with Gasteiger partial charge in [0.05, 0.1) is 12.0 Å². The lowest BCUT2D eigenvalue weighted by Gasteiger charge is -2.27. The maximum absolute atomic E-state index is 14.9. The van der Waals surface area contributed by atoms with Crippen LogP contribution < -0.4 is 10.2 Å². The van der Waals surface area contributed by atoms with Gasteiger partial charge in [0.15, 0.2) is 0 Å². The van der Waals surface area contributed by atoms with Gasteiger partial charge in [-0.1, -0.05) is 12.1 Å². The quantitative estimate of drug-likeness (QED) is 0.931. The normalized spacial score (nSPS) is 30.0. The highest BCUT2D eigenvalue weighted by Gasteiger charge is 2.48. The van der Waals surface area contributed by atoms with Crippen LogP contribution in [0.2, 0.25) is 0 Å². The number of amides is 1. The molecule has 1 aliphatic carbocycles. The number of alkyl halides is 1. The molecule has 1 aromatic carbocycles. The van der Waals surface area contributed by atoms with Crippen LogP contribution >= 0.6 is 0 Å². The predicted molar refractivity (Wildman–Crippen MR) is 85.1 cm³/mol. The van der Waals surface area contributed by atoms with Crippen molar-refractivity contribution < 1.29 is 9.18 Å². The Balaban J connectivity index is 1.73. The van der Waals surface area contributed by atoms with Gasteiger partial charge in [-0.05, 0) is 62.8 Å². The smallest absolute Gasteiger partial charge is 0.237 e. The van der Waals surface area contributed by atoms with Gasteiger partial charge in [-0.25, -0.2) is 4.39 Å². The Morgan fingerprint density at radius 2 is 2.14 bits per heavy atom. The molecule has 0 spiro atoms. The topological polar surface area (TPSA) is 32.3 Å². The fourth-order valence-corrected chi connectivity index (χ4v) is 3.82. The monoisotopic (exact) mass is 302 g/mol. The minimum absolute atomic E-state index is 0.0272. The third-order valence-electron chi connectivity index (χ3n) is 5.45. The Labute approximate surface area is 130 Å².